The molecule has 4 nitrogen and oxygen atoms in total. The molecule has 4 heteroatoms. The molecule has 0 bridgehead atoms. The van der Waals surface area contributed by atoms with Crippen LogP contribution >= 0.6 is 0 Å². The van der Waals surface area contributed by atoms with Crippen LogP contribution in [0.5, 0.6) is 0 Å². The molecule has 3 heterocycles. The molecule has 0 atom stereocenters. The smallest absolute Gasteiger partial charge is 0.324 e. The Morgan fingerprint density at radius 2 is 1.87 bits per heavy atom. The molecule has 2 aromatic rings. The topological polar surface area (TPSA) is 28.5 Å². The molecule has 2 aliphatic heterocycles. The van der Waals surface area contributed by atoms with Gasteiger partial charge in [-0.15, -0.1) is 0 Å². The zero-order valence-corrected chi connectivity index (χ0v) is 13.7. The summed E-state index contributed by atoms with van der Waals surface area (Å²) >= 11 is 0. The number of carbonyl (C=O) groups is 1. The van der Waals surface area contributed by atoms with Gasteiger partial charge in [-0.25, -0.2) is 4.79 Å². The van der Waals surface area contributed by atoms with Gasteiger partial charge in [0.1, 0.15) is 0 Å². The fourth-order valence-corrected chi connectivity index (χ4v) is 3.67. The Hall–Kier alpha value is -2.07. The van der Waals surface area contributed by atoms with Crippen LogP contribution in [0.2, 0.25) is 0 Å². The highest BCUT2D eigenvalue weighted by molar-refractivity contribution is 5.99. The minimum absolute atomic E-state index is 0.124. The fraction of sp³-hybridized carbons (Fsp3) is 0.421. The number of hydrogen-bond acceptors (Lipinski definition) is 2. The van der Waals surface area contributed by atoms with Crippen molar-refractivity contribution in [3.63, 3.8) is 0 Å². The summed E-state index contributed by atoms with van der Waals surface area (Å²) in [7, 11) is 2.15. The monoisotopic (exact) mass is 309 g/mol. The lowest BCUT2D eigenvalue weighted by atomic mass is 9.99. The Morgan fingerprint density at radius 1 is 1.09 bits per heavy atom. The van der Waals surface area contributed by atoms with Crippen molar-refractivity contribution < 1.29 is 4.79 Å². The molecular formula is C19H23N3O. The van der Waals surface area contributed by atoms with Crippen LogP contribution in [0.4, 0.5) is 4.79 Å². The number of nitrogens with zero attached hydrogens (tertiary/aromatic N) is 3. The first-order chi connectivity index (χ1) is 11.2. The van der Waals surface area contributed by atoms with Crippen LogP contribution in [0.3, 0.4) is 0 Å². The molecule has 0 saturated carbocycles. The van der Waals surface area contributed by atoms with Crippen molar-refractivity contribution in [2.45, 2.75) is 19.3 Å². The first-order valence-electron chi connectivity index (χ1n) is 8.51. The van der Waals surface area contributed by atoms with Crippen LogP contribution in [0.25, 0.3) is 16.5 Å². The van der Waals surface area contributed by atoms with Gasteiger partial charge in [0.2, 0.25) is 0 Å². The number of carbonyl (C=O) groups excluding carboxylic acids is 1. The van der Waals surface area contributed by atoms with Crippen LogP contribution in [0.15, 0.2) is 36.5 Å². The second-order valence-corrected chi connectivity index (χ2v) is 6.65. The Bertz CT molecular complexity index is 768. The zero-order chi connectivity index (χ0) is 15.8. The molecule has 0 N–H and O–H groups in total. The van der Waals surface area contributed by atoms with E-state index in [0.29, 0.717) is 0 Å². The highest BCUT2D eigenvalue weighted by atomic mass is 16.2. The molecule has 1 fully saturated rings. The average molecular weight is 309 g/mol. The van der Waals surface area contributed by atoms with Gasteiger partial charge in [-0.3, -0.25) is 4.57 Å². The van der Waals surface area contributed by atoms with Crippen LogP contribution < -0.4 is 0 Å². The minimum atomic E-state index is 0.124. The molecule has 0 spiro atoms. The summed E-state index contributed by atoms with van der Waals surface area (Å²) in [6.45, 7) is 3.82. The lowest BCUT2D eigenvalue weighted by Crippen LogP contribution is -2.31. The molecule has 4 rings (SSSR count). The molecule has 1 aromatic heterocycles. The predicted molar refractivity (Wildman–Crippen MR) is 93.6 cm³/mol. The number of rotatable bonds is 1. The second kappa shape index (κ2) is 5.85. The number of likely N-dealkylation sites (N-methyl/N-ethyl adjacent to an activating group) is 1. The van der Waals surface area contributed by atoms with E-state index in [9.17, 15) is 4.79 Å². The largest absolute Gasteiger partial charge is 0.328 e. The quantitative estimate of drug-likeness (QED) is 0.807. The first kappa shape index (κ1) is 14.5. The maximum Gasteiger partial charge on any atom is 0.328 e. The molecule has 0 aliphatic carbocycles. The van der Waals surface area contributed by atoms with Gasteiger partial charge in [-0.05, 0) is 37.9 Å². The van der Waals surface area contributed by atoms with Crippen molar-refractivity contribution in [3.8, 4) is 0 Å². The van der Waals surface area contributed by atoms with Gasteiger partial charge in [0.05, 0.1) is 5.52 Å². The van der Waals surface area contributed by atoms with E-state index < -0.39 is 0 Å². The van der Waals surface area contributed by atoms with Gasteiger partial charge < -0.3 is 9.80 Å². The van der Waals surface area contributed by atoms with Crippen molar-refractivity contribution >= 4 is 22.5 Å². The third-order valence-electron chi connectivity index (χ3n) is 5.05. The highest BCUT2D eigenvalue weighted by Gasteiger charge is 2.23. The Labute approximate surface area is 137 Å². The summed E-state index contributed by atoms with van der Waals surface area (Å²) in [6.07, 6.45) is 7.64. The standard InChI is InChI=1S/C19H23N3O/c1-20-12-8-15(9-13-20)17-14-22(18-7-3-2-6-16(17)18)19(23)21-10-4-5-11-21/h2-3,6-8,14H,4-5,9-13H2,1H3. The molecule has 2 aliphatic rings. The lowest BCUT2D eigenvalue weighted by molar-refractivity contribution is 0.211. The summed E-state index contributed by atoms with van der Waals surface area (Å²) in [5, 5.41) is 1.19. The van der Waals surface area contributed by atoms with Crippen LogP contribution in [0, 0.1) is 0 Å². The number of benzene rings is 1. The molecule has 1 saturated heterocycles. The normalized spacial score (nSPS) is 19.3. The number of fused-ring (bicyclic) bond motifs is 1. The van der Waals surface area contributed by atoms with E-state index in [1.807, 2.05) is 15.5 Å². The molecule has 1 aromatic carbocycles. The van der Waals surface area contributed by atoms with Crippen LogP contribution in [-0.4, -0.2) is 53.6 Å². The number of amides is 1. The van der Waals surface area contributed by atoms with Crippen molar-refractivity contribution in [2.75, 3.05) is 33.2 Å². The minimum Gasteiger partial charge on any atom is -0.324 e. The summed E-state index contributed by atoms with van der Waals surface area (Å²) in [6, 6.07) is 8.40. The van der Waals surface area contributed by atoms with Gasteiger partial charge >= 0.3 is 6.03 Å². The maximum atomic E-state index is 12.9. The van der Waals surface area contributed by atoms with Crippen molar-refractivity contribution in [1.82, 2.24) is 14.4 Å². The third-order valence-corrected chi connectivity index (χ3v) is 5.05. The Kier molecular flexibility index (Phi) is 3.69. The number of para-hydroxylation sites is 1. The molecule has 120 valence electrons. The van der Waals surface area contributed by atoms with E-state index in [-0.39, 0.29) is 6.03 Å². The Balaban J connectivity index is 1.79. The summed E-state index contributed by atoms with van der Waals surface area (Å²) in [4.78, 5) is 17.2. The third kappa shape index (κ3) is 2.57. The van der Waals surface area contributed by atoms with Gasteiger partial charge in [-0.2, -0.15) is 0 Å². The van der Waals surface area contributed by atoms with Crippen molar-refractivity contribution in [2.24, 2.45) is 0 Å². The van der Waals surface area contributed by atoms with E-state index in [2.05, 4.69) is 42.4 Å². The predicted octanol–water partition coefficient (Wildman–Crippen LogP) is 3.42. The highest BCUT2D eigenvalue weighted by Crippen LogP contribution is 2.31. The molecule has 0 radical (unpaired) electrons. The number of likely N-dealkylation sites (tertiary alicyclic amines) is 1. The maximum absolute atomic E-state index is 12.9. The summed E-state index contributed by atoms with van der Waals surface area (Å²) in [5.74, 6) is 0. The summed E-state index contributed by atoms with van der Waals surface area (Å²) < 4.78 is 1.86. The van der Waals surface area contributed by atoms with E-state index in [0.717, 1.165) is 51.0 Å². The van der Waals surface area contributed by atoms with Gasteiger partial charge in [0.25, 0.3) is 0 Å². The second-order valence-electron chi connectivity index (χ2n) is 6.65. The first-order valence-corrected chi connectivity index (χ1v) is 8.51. The van der Waals surface area contributed by atoms with E-state index >= 15 is 0 Å². The molecular weight excluding hydrogens is 286 g/mol. The van der Waals surface area contributed by atoms with E-state index in [1.165, 1.54) is 16.5 Å². The SMILES string of the molecule is CN1CC=C(c2cn(C(=O)N3CCCC3)c3ccccc23)CC1. The van der Waals surface area contributed by atoms with Crippen molar-refractivity contribution in [3.05, 3.63) is 42.1 Å². The zero-order valence-electron chi connectivity index (χ0n) is 13.7. The van der Waals surface area contributed by atoms with Gasteiger partial charge in [0, 0.05) is 43.3 Å². The molecule has 1 amide bonds. The average Bonchev–Trinajstić information content (AvgIpc) is 3.23. The fourth-order valence-electron chi connectivity index (χ4n) is 3.67. The molecule has 0 unspecified atom stereocenters. The van der Waals surface area contributed by atoms with Crippen molar-refractivity contribution in [1.29, 1.82) is 0 Å². The lowest BCUT2D eigenvalue weighted by Gasteiger charge is -2.21. The van der Waals surface area contributed by atoms with Gasteiger partial charge in [-0.1, -0.05) is 24.3 Å². The van der Waals surface area contributed by atoms with Crippen LogP contribution in [-0.2, 0) is 0 Å². The van der Waals surface area contributed by atoms with Gasteiger partial charge in [0.15, 0.2) is 0 Å². The number of aromatic nitrogens is 1. The summed E-state index contributed by atoms with van der Waals surface area (Å²) in [5.41, 5.74) is 3.62. The van der Waals surface area contributed by atoms with E-state index in [1.54, 1.807) is 0 Å². The molecule has 23 heavy (non-hydrogen) atoms. The van der Waals surface area contributed by atoms with E-state index in [4.69, 9.17) is 0 Å². The Morgan fingerprint density at radius 3 is 2.61 bits per heavy atom. The van der Waals surface area contributed by atoms with Crippen LogP contribution in [0.1, 0.15) is 24.8 Å². The number of hydrogen-bond donors (Lipinski definition) is 0.